The maximum Gasteiger partial charge on any atom is 0.240 e. The fourth-order valence-electron chi connectivity index (χ4n) is 2.62. The first-order valence-electron chi connectivity index (χ1n) is 7.73. The monoisotopic (exact) mass is 325 g/mol. The second kappa shape index (κ2) is 7.92. The summed E-state index contributed by atoms with van der Waals surface area (Å²) in [6.45, 7) is 2.08. The van der Waals surface area contributed by atoms with Crippen LogP contribution >= 0.6 is 11.6 Å². The molecule has 1 atom stereocenters. The van der Waals surface area contributed by atoms with Crippen molar-refractivity contribution in [1.82, 2.24) is 10.6 Å². The molecule has 1 unspecified atom stereocenters. The first-order chi connectivity index (χ1) is 10.5. The molecule has 0 aliphatic carbocycles. The molecule has 122 valence electrons. The van der Waals surface area contributed by atoms with Crippen LogP contribution in [-0.2, 0) is 4.79 Å². The van der Waals surface area contributed by atoms with Crippen LogP contribution in [0.3, 0.4) is 0 Å². The number of carbonyl (C=O) groups excluding carboxylic acids is 1. The van der Waals surface area contributed by atoms with E-state index in [2.05, 4.69) is 10.6 Å². The van der Waals surface area contributed by atoms with Crippen molar-refractivity contribution >= 4 is 17.5 Å². The van der Waals surface area contributed by atoms with Gasteiger partial charge in [-0.2, -0.15) is 0 Å². The van der Waals surface area contributed by atoms with E-state index in [-0.39, 0.29) is 5.91 Å². The minimum absolute atomic E-state index is 0.0880. The van der Waals surface area contributed by atoms with Crippen molar-refractivity contribution in [2.24, 2.45) is 5.73 Å². The number of amides is 1. The third-order valence-corrected chi connectivity index (χ3v) is 4.39. The van der Waals surface area contributed by atoms with Gasteiger partial charge in [-0.15, -0.1) is 0 Å². The fourth-order valence-corrected chi connectivity index (χ4v) is 2.75. The zero-order valence-corrected chi connectivity index (χ0v) is 13.4. The van der Waals surface area contributed by atoms with Crippen LogP contribution in [-0.4, -0.2) is 36.2 Å². The Kier molecular flexibility index (Phi) is 6.20. The molecule has 1 saturated heterocycles. The summed E-state index contributed by atoms with van der Waals surface area (Å²) < 4.78 is 0. The smallest absolute Gasteiger partial charge is 0.240 e. The molecule has 0 bridgehead atoms. The van der Waals surface area contributed by atoms with E-state index >= 15 is 0 Å². The lowest BCUT2D eigenvalue weighted by Gasteiger charge is -2.32. The molecular weight excluding hydrogens is 302 g/mol. The Morgan fingerprint density at radius 2 is 2.00 bits per heavy atom. The molecule has 1 aliphatic rings. The minimum Gasteiger partial charge on any atom is -0.388 e. The third-order valence-electron chi connectivity index (χ3n) is 4.14. The summed E-state index contributed by atoms with van der Waals surface area (Å²) in [5.74, 6) is -0.0880. The number of hydrogen-bond donors (Lipinski definition) is 4. The van der Waals surface area contributed by atoms with Crippen molar-refractivity contribution in [2.75, 3.05) is 19.6 Å². The second-order valence-electron chi connectivity index (χ2n) is 5.87. The summed E-state index contributed by atoms with van der Waals surface area (Å²) in [6, 6.07) is 7.15. The molecule has 0 saturated carbocycles. The summed E-state index contributed by atoms with van der Waals surface area (Å²) in [4.78, 5) is 12.1. The van der Waals surface area contributed by atoms with Gasteiger partial charge in [-0.05, 0) is 56.5 Å². The Morgan fingerprint density at radius 1 is 1.36 bits per heavy atom. The Balaban J connectivity index is 1.70. The first kappa shape index (κ1) is 17.2. The zero-order valence-electron chi connectivity index (χ0n) is 12.6. The largest absolute Gasteiger partial charge is 0.388 e. The number of carbonyl (C=O) groups is 1. The van der Waals surface area contributed by atoms with E-state index in [0.29, 0.717) is 37.3 Å². The van der Waals surface area contributed by atoms with Gasteiger partial charge in [-0.3, -0.25) is 4.79 Å². The summed E-state index contributed by atoms with van der Waals surface area (Å²) >= 11 is 5.82. The number of rotatable bonds is 6. The molecule has 1 heterocycles. The molecular formula is C16H24ClN3O2. The molecule has 2 rings (SSSR count). The number of nitrogens with one attached hydrogen (secondary N) is 2. The number of hydrogen-bond acceptors (Lipinski definition) is 4. The topological polar surface area (TPSA) is 87.4 Å². The molecule has 0 spiro atoms. The average Bonchev–Trinajstić information content (AvgIpc) is 2.52. The fraction of sp³-hybridized carbons (Fsp3) is 0.562. The highest BCUT2D eigenvalue weighted by Crippen LogP contribution is 2.20. The quantitative estimate of drug-likeness (QED) is 0.595. The van der Waals surface area contributed by atoms with Gasteiger partial charge in [0.1, 0.15) is 0 Å². The van der Waals surface area contributed by atoms with Gasteiger partial charge in [0.15, 0.2) is 0 Å². The van der Waals surface area contributed by atoms with Gasteiger partial charge >= 0.3 is 0 Å². The van der Waals surface area contributed by atoms with Crippen LogP contribution in [0.15, 0.2) is 24.3 Å². The summed E-state index contributed by atoms with van der Waals surface area (Å²) in [5, 5.41) is 16.8. The molecule has 1 fully saturated rings. The standard InChI is InChI=1S/C16H24ClN3O2/c17-13-5-3-12(4-6-13)14(21)2-1-9-20-15(22)16(18)7-10-19-11-8-16/h3-6,14,19,21H,1-2,7-11,18H2,(H,20,22). The van der Waals surface area contributed by atoms with E-state index in [9.17, 15) is 9.90 Å². The molecule has 1 aromatic rings. The molecule has 22 heavy (non-hydrogen) atoms. The normalized spacial score (nSPS) is 18.7. The lowest BCUT2D eigenvalue weighted by molar-refractivity contribution is -0.127. The molecule has 0 aromatic heterocycles. The van der Waals surface area contributed by atoms with Crippen LogP contribution in [0.25, 0.3) is 0 Å². The molecule has 1 aromatic carbocycles. The predicted octanol–water partition coefficient (Wildman–Crippen LogP) is 1.35. The van der Waals surface area contributed by atoms with Gasteiger partial charge in [-0.25, -0.2) is 0 Å². The van der Waals surface area contributed by atoms with Crippen LogP contribution in [0.4, 0.5) is 0 Å². The van der Waals surface area contributed by atoms with Crippen LogP contribution in [0, 0.1) is 0 Å². The number of benzene rings is 1. The minimum atomic E-state index is -0.750. The van der Waals surface area contributed by atoms with E-state index in [4.69, 9.17) is 17.3 Å². The Morgan fingerprint density at radius 3 is 2.64 bits per heavy atom. The van der Waals surface area contributed by atoms with E-state index in [0.717, 1.165) is 18.7 Å². The number of aliphatic hydroxyl groups is 1. The van der Waals surface area contributed by atoms with Crippen molar-refractivity contribution < 1.29 is 9.90 Å². The van der Waals surface area contributed by atoms with Crippen LogP contribution in [0.1, 0.15) is 37.4 Å². The van der Waals surface area contributed by atoms with Gasteiger partial charge in [0.2, 0.25) is 5.91 Å². The van der Waals surface area contributed by atoms with E-state index in [1.54, 1.807) is 12.1 Å². The number of nitrogens with two attached hydrogens (primary N) is 1. The number of aliphatic hydroxyl groups excluding tert-OH is 1. The summed E-state index contributed by atoms with van der Waals surface area (Å²) in [6.07, 6.45) is 2.06. The first-order valence-corrected chi connectivity index (χ1v) is 8.10. The highest BCUT2D eigenvalue weighted by Gasteiger charge is 2.34. The van der Waals surface area contributed by atoms with Crippen LogP contribution in [0.2, 0.25) is 5.02 Å². The lowest BCUT2D eigenvalue weighted by Crippen LogP contribution is -2.59. The van der Waals surface area contributed by atoms with E-state index in [1.807, 2.05) is 12.1 Å². The molecule has 6 heteroatoms. The molecule has 5 nitrogen and oxygen atoms in total. The Bertz CT molecular complexity index is 487. The third kappa shape index (κ3) is 4.68. The number of piperidine rings is 1. The highest BCUT2D eigenvalue weighted by molar-refractivity contribution is 6.30. The van der Waals surface area contributed by atoms with E-state index in [1.165, 1.54) is 0 Å². The SMILES string of the molecule is NC1(C(=O)NCCCC(O)c2ccc(Cl)cc2)CCNCC1. The molecule has 1 amide bonds. The van der Waals surface area contributed by atoms with Crippen LogP contribution < -0.4 is 16.4 Å². The average molecular weight is 326 g/mol. The maximum atomic E-state index is 12.1. The van der Waals surface area contributed by atoms with Crippen molar-refractivity contribution in [3.63, 3.8) is 0 Å². The lowest BCUT2D eigenvalue weighted by atomic mass is 9.88. The van der Waals surface area contributed by atoms with Gasteiger partial charge < -0.3 is 21.5 Å². The summed E-state index contributed by atoms with van der Waals surface area (Å²) in [5.41, 5.74) is 6.22. The van der Waals surface area contributed by atoms with Crippen molar-refractivity contribution in [3.8, 4) is 0 Å². The number of halogens is 1. The second-order valence-corrected chi connectivity index (χ2v) is 6.31. The van der Waals surface area contributed by atoms with Gasteiger partial charge in [0, 0.05) is 11.6 Å². The van der Waals surface area contributed by atoms with Gasteiger partial charge in [0.25, 0.3) is 0 Å². The van der Waals surface area contributed by atoms with Crippen molar-refractivity contribution in [1.29, 1.82) is 0 Å². The molecule has 1 aliphatic heterocycles. The summed E-state index contributed by atoms with van der Waals surface area (Å²) in [7, 11) is 0. The van der Waals surface area contributed by atoms with Crippen molar-refractivity contribution in [3.05, 3.63) is 34.9 Å². The predicted molar refractivity (Wildman–Crippen MR) is 87.7 cm³/mol. The van der Waals surface area contributed by atoms with Gasteiger partial charge in [-0.1, -0.05) is 23.7 Å². The Hall–Kier alpha value is -1.14. The zero-order chi connectivity index (χ0) is 16.0. The molecule has 0 radical (unpaired) electrons. The van der Waals surface area contributed by atoms with Gasteiger partial charge in [0.05, 0.1) is 11.6 Å². The Labute approximate surface area is 136 Å². The molecule has 5 N–H and O–H groups in total. The van der Waals surface area contributed by atoms with Crippen LogP contribution in [0.5, 0.6) is 0 Å². The maximum absolute atomic E-state index is 12.1. The van der Waals surface area contributed by atoms with Crippen molar-refractivity contribution in [2.45, 2.75) is 37.3 Å². The highest BCUT2D eigenvalue weighted by atomic mass is 35.5. The van der Waals surface area contributed by atoms with E-state index < -0.39 is 11.6 Å².